The maximum atomic E-state index is 9.94. The molecule has 4 nitrogen and oxygen atoms in total. The number of aromatic hydroxyl groups is 1. The molecule has 132 valence electrons. The first-order chi connectivity index (χ1) is 12.6. The standard InChI is InChI=1S/C19H15Cl2N3OS/c1-2-9-22-19-24(23-11-14-5-3-4-6-18(14)25)17(12-26-19)13-7-8-15(20)16(21)10-13/h2-8,10-12,25H,1,9H2. The van der Waals surface area contributed by atoms with Crippen LogP contribution in [0.1, 0.15) is 5.56 Å². The van der Waals surface area contributed by atoms with Crippen molar-refractivity contribution in [1.29, 1.82) is 0 Å². The Morgan fingerprint density at radius 2 is 1.96 bits per heavy atom. The lowest BCUT2D eigenvalue weighted by atomic mass is 10.2. The molecular formula is C19H15Cl2N3OS. The number of hydrogen-bond acceptors (Lipinski definition) is 4. The van der Waals surface area contributed by atoms with Crippen LogP contribution in [0, 0.1) is 0 Å². The van der Waals surface area contributed by atoms with Crippen LogP contribution in [0.4, 0.5) is 0 Å². The number of para-hydroxylation sites is 1. The van der Waals surface area contributed by atoms with Gasteiger partial charge >= 0.3 is 0 Å². The van der Waals surface area contributed by atoms with Gasteiger partial charge in [0.15, 0.2) is 0 Å². The van der Waals surface area contributed by atoms with E-state index in [0.717, 1.165) is 11.3 Å². The summed E-state index contributed by atoms with van der Waals surface area (Å²) in [6, 6.07) is 12.4. The van der Waals surface area contributed by atoms with Crippen molar-refractivity contribution in [3.05, 3.63) is 80.9 Å². The third-order valence-corrected chi connectivity index (χ3v) is 5.10. The summed E-state index contributed by atoms with van der Waals surface area (Å²) in [6.07, 6.45) is 3.31. The van der Waals surface area contributed by atoms with E-state index >= 15 is 0 Å². The fourth-order valence-electron chi connectivity index (χ4n) is 2.23. The van der Waals surface area contributed by atoms with Crippen LogP contribution < -0.4 is 4.80 Å². The molecule has 0 aliphatic carbocycles. The zero-order valence-corrected chi connectivity index (χ0v) is 16.0. The van der Waals surface area contributed by atoms with Gasteiger partial charge in [0.1, 0.15) is 5.75 Å². The summed E-state index contributed by atoms with van der Waals surface area (Å²) < 4.78 is 1.71. The molecule has 1 aromatic heterocycles. The molecule has 0 unspecified atom stereocenters. The highest BCUT2D eigenvalue weighted by Crippen LogP contribution is 2.29. The number of nitrogens with zero attached hydrogens (tertiary/aromatic N) is 3. The Balaban J connectivity index is 2.11. The van der Waals surface area contributed by atoms with Gasteiger partial charge in [-0.3, -0.25) is 4.99 Å². The number of hydrogen-bond donors (Lipinski definition) is 1. The Kier molecular flexibility index (Phi) is 5.93. The average molecular weight is 404 g/mol. The molecule has 3 aromatic rings. The summed E-state index contributed by atoms with van der Waals surface area (Å²) in [5, 5.41) is 17.4. The van der Waals surface area contributed by atoms with Gasteiger partial charge in [0.05, 0.1) is 28.5 Å². The number of phenolic OH excluding ortho intramolecular Hbond substituents is 1. The smallest absolute Gasteiger partial charge is 0.206 e. The van der Waals surface area contributed by atoms with Crippen LogP contribution in [-0.4, -0.2) is 22.5 Å². The number of aromatic nitrogens is 1. The lowest BCUT2D eigenvalue weighted by Crippen LogP contribution is -2.12. The van der Waals surface area contributed by atoms with Gasteiger partial charge in [-0.15, -0.1) is 17.9 Å². The molecule has 0 saturated heterocycles. The van der Waals surface area contributed by atoms with Crippen LogP contribution in [0.3, 0.4) is 0 Å². The molecule has 3 rings (SSSR count). The molecule has 0 bridgehead atoms. The molecule has 0 amide bonds. The van der Waals surface area contributed by atoms with Crippen molar-refractivity contribution >= 4 is 40.8 Å². The molecule has 0 spiro atoms. The summed E-state index contributed by atoms with van der Waals surface area (Å²) in [7, 11) is 0. The van der Waals surface area contributed by atoms with E-state index in [0.29, 0.717) is 27.0 Å². The zero-order chi connectivity index (χ0) is 18.5. The Morgan fingerprint density at radius 3 is 2.69 bits per heavy atom. The zero-order valence-electron chi connectivity index (χ0n) is 13.6. The lowest BCUT2D eigenvalue weighted by Gasteiger charge is -2.05. The molecule has 0 atom stereocenters. The molecular weight excluding hydrogens is 389 g/mol. The second-order valence-corrected chi connectivity index (χ2v) is 6.93. The lowest BCUT2D eigenvalue weighted by molar-refractivity contribution is 0.474. The van der Waals surface area contributed by atoms with E-state index in [2.05, 4.69) is 16.7 Å². The van der Waals surface area contributed by atoms with Crippen LogP contribution in [0.15, 0.2) is 70.6 Å². The molecule has 0 fully saturated rings. The summed E-state index contributed by atoms with van der Waals surface area (Å²) in [5.41, 5.74) is 2.30. The van der Waals surface area contributed by atoms with E-state index in [9.17, 15) is 5.11 Å². The van der Waals surface area contributed by atoms with Gasteiger partial charge < -0.3 is 5.11 Å². The summed E-state index contributed by atoms with van der Waals surface area (Å²) in [6.45, 7) is 4.17. The highest BCUT2D eigenvalue weighted by Gasteiger charge is 2.09. The van der Waals surface area contributed by atoms with Gasteiger partial charge in [0.2, 0.25) is 4.80 Å². The topological polar surface area (TPSA) is 49.9 Å². The Hall–Kier alpha value is -2.34. The van der Waals surface area contributed by atoms with Gasteiger partial charge in [0.25, 0.3) is 0 Å². The van der Waals surface area contributed by atoms with Gasteiger partial charge in [-0.25, -0.2) is 4.68 Å². The number of benzene rings is 2. The largest absolute Gasteiger partial charge is 0.507 e. The van der Waals surface area contributed by atoms with E-state index in [-0.39, 0.29) is 5.75 Å². The maximum absolute atomic E-state index is 9.94. The van der Waals surface area contributed by atoms with E-state index in [1.165, 1.54) is 11.3 Å². The second-order valence-electron chi connectivity index (χ2n) is 5.28. The van der Waals surface area contributed by atoms with Crippen molar-refractivity contribution in [2.75, 3.05) is 6.54 Å². The van der Waals surface area contributed by atoms with Crippen molar-refractivity contribution in [3.63, 3.8) is 0 Å². The molecule has 1 heterocycles. The molecule has 7 heteroatoms. The molecule has 0 aliphatic heterocycles. The predicted molar refractivity (Wildman–Crippen MR) is 109 cm³/mol. The van der Waals surface area contributed by atoms with Crippen molar-refractivity contribution in [1.82, 2.24) is 4.68 Å². The normalized spacial score (nSPS) is 12.0. The van der Waals surface area contributed by atoms with Gasteiger partial charge in [-0.2, -0.15) is 5.10 Å². The first-order valence-electron chi connectivity index (χ1n) is 7.70. The van der Waals surface area contributed by atoms with E-state index in [4.69, 9.17) is 23.2 Å². The Bertz CT molecular complexity index is 1040. The van der Waals surface area contributed by atoms with Crippen molar-refractivity contribution in [2.45, 2.75) is 0 Å². The highest BCUT2D eigenvalue weighted by atomic mass is 35.5. The van der Waals surface area contributed by atoms with Gasteiger partial charge in [-0.1, -0.05) is 47.5 Å². The summed E-state index contributed by atoms with van der Waals surface area (Å²) in [5.74, 6) is 0.160. The Morgan fingerprint density at radius 1 is 1.15 bits per heavy atom. The number of halogens is 2. The minimum atomic E-state index is 0.160. The second kappa shape index (κ2) is 8.36. The fraction of sp³-hybridized carbons (Fsp3) is 0.0526. The van der Waals surface area contributed by atoms with Crippen LogP contribution >= 0.6 is 34.5 Å². The van der Waals surface area contributed by atoms with E-state index < -0.39 is 0 Å². The molecule has 0 radical (unpaired) electrons. The third-order valence-electron chi connectivity index (χ3n) is 3.51. The van der Waals surface area contributed by atoms with E-state index in [1.54, 1.807) is 47.3 Å². The first-order valence-corrected chi connectivity index (χ1v) is 9.33. The molecule has 2 aromatic carbocycles. The number of phenols is 1. The molecule has 0 saturated carbocycles. The molecule has 1 N–H and O–H groups in total. The van der Waals surface area contributed by atoms with E-state index in [1.807, 2.05) is 17.5 Å². The van der Waals surface area contributed by atoms with Crippen LogP contribution in [0.2, 0.25) is 10.0 Å². The van der Waals surface area contributed by atoms with Gasteiger partial charge in [-0.05, 0) is 24.3 Å². The third kappa shape index (κ3) is 4.07. The fourth-order valence-corrected chi connectivity index (χ4v) is 3.38. The van der Waals surface area contributed by atoms with Crippen LogP contribution in [0.5, 0.6) is 5.75 Å². The summed E-state index contributed by atoms with van der Waals surface area (Å²) >= 11 is 13.6. The minimum Gasteiger partial charge on any atom is -0.507 e. The SMILES string of the molecule is C=CCN=c1scc(-c2ccc(Cl)c(Cl)c2)n1N=Cc1ccccc1O. The molecule has 26 heavy (non-hydrogen) atoms. The van der Waals surface area contributed by atoms with Crippen molar-refractivity contribution in [3.8, 4) is 17.0 Å². The molecule has 0 aliphatic rings. The van der Waals surface area contributed by atoms with Gasteiger partial charge in [0, 0.05) is 16.5 Å². The first kappa shape index (κ1) is 18.5. The average Bonchev–Trinajstić information content (AvgIpc) is 3.04. The Labute approximate surface area is 165 Å². The van der Waals surface area contributed by atoms with Crippen LogP contribution in [0.25, 0.3) is 11.3 Å². The number of thiazole rings is 1. The highest BCUT2D eigenvalue weighted by molar-refractivity contribution is 7.07. The predicted octanol–water partition coefficient (Wildman–Crippen LogP) is 5.20. The van der Waals surface area contributed by atoms with Crippen LogP contribution in [-0.2, 0) is 0 Å². The minimum absolute atomic E-state index is 0.160. The number of rotatable bonds is 5. The quantitative estimate of drug-likeness (QED) is 0.461. The summed E-state index contributed by atoms with van der Waals surface area (Å²) in [4.78, 5) is 5.18. The monoisotopic (exact) mass is 403 g/mol. The maximum Gasteiger partial charge on any atom is 0.206 e. The van der Waals surface area contributed by atoms with Crippen molar-refractivity contribution in [2.24, 2.45) is 10.1 Å². The van der Waals surface area contributed by atoms with Crippen molar-refractivity contribution < 1.29 is 5.11 Å².